The molecular weight excluding hydrogens is 308 g/mol. The van der Waals surface area contributed by atoms with Crippen LogP contribution in [0.2, 0.25) is 0 Å². The Morgan fingerprint density at radius 3 is 2.62 bits per heavy atom. The van der Waals surface area contributed by atoms with Crippen LogP contribution in [0.5, 0.6) is 0 Å². The second-order valence-electron chi connectivity index (χ2n) is 6.56. The van der Waals surface area contributed by atoms with E-state index < -0.39 is 17.9 Å². The molecule has 2 saturated heterocycles. The molecule has 2 amide bonds. The van der Waals surface area contributed by atoms with Crippen LogP contribution < -0.4 is 0 Å². The molecule has 2 fully saturated rings. The number of carboxylic acids is 1. The Bertz CT molecular complexity index is 646. The summed E-state index contributed by atoms with van der Waals surface area (Å²) in [4.78, 5) is 39.5. The van der Waals surface area contributed by atoms with Gasteiger partial charge in [-0.1, -0.05) is 30.3 Å². The van der Waals surface area contributed by atoms with Gasteiger partial charge in [0.05, 0.1) is 12.0 Å². The van der Waals surface area contributed by atoms with Crippen molar-refractivity contribution in [1.29, 1.82) is 0 Å². The Morgan fingerprint density at radius 2 is 1.96 bits per heavy atom. The fraction of sp³-hybridized carbons (Fsp3) is 0.500. The van der Waals surface area contributed by atoms with Gasteiger partial charge in [-0.25, -0.2) is 4.79 Å². The predicted molar refractivity (Wildman–Crippen MR) is 87.0 cm³/mol. The van der Waals surface area contributed by atoms with Crippen molar-refractivity contribution in [2.75, 3.05) is 13.1 Å². The highest BCUT2D eigenvalue weighted by Crippen LogP contribution is 2.31. The molecule has 0 spiro atoms. The van der Waals surface area contributed by atoms with Gasteiger partial charge in [0.15, 0.2) is 0 Å². The van der Waals surface area contributed by atoms with E-state index in [0.29, 0.717) is 25.9 Å². The molecule has 1 aromatic rings. The summed E-state index contributed by atoms with van der Waals surface area (Å²) in [7, 11) is 0. The van der Waals surface area contributed by atoms with Gasteiger partial charge in [0.1, 0.15) is 6.04 Å². The first-order chi connectivity index (χ1) is 11.5. The highest BCUT2D eigenvalue weighted by molar-refractivity contribution is 5.91. The predicted octanol–water partition coefficient (Wildman–Crippen LogP) is 1.67. The van der Waals surface area contributed by atoms with Crippen molar-refractivity contribution in [2.24, 2.45) is 5.92 Å². The van der Waals surface area contributed by atoms with Crippen LogP contribution in [0.1, 0.15) is 37.8 Å². The molecule has 128 valence electrons. The number of hydrogen-bond acceptors (Lipinski definition) is 3. The Kier molecular flexibility index (Phi) is 4.55. The lowest BCUT2D eigenvalue weighted by atomic mass is 10.1. The smallest absolute Gasteiger partial charge is 0.326 e. The number of hydrogen-bond donors (Lipinski definition) is 1. The molecule has 3 rings (SSSR count). The fourth-order valence-electron chi connectivity index (χ4n) is 3.70. The molecular formula is C18H22N2O4. The van der Waals surface area contributed by atoms with Crippen molar-refractivity contribution in [1.82, 2.24) is 9.80 Å². The summed E-state index contributed by atoms with van der Waals surface area (Å²) in [5.41, 5.74) is 1.03. The van der Waals surface area contributed by atoms with Crippen molar-refractivity contribution >= 4 is 17.8 Å². The minimum atomic E-state index is -0.959. The van der Waals surface area contributed by atoms with Crippen LogP contribution in [0.15, 0.2) is 30.3 Å². The number of nitrogens with zero attached hydrogens (tertiary/aromatic N) is 2. The molecule has 3 atom stereocenters. The first kappa shape index (κ1) is 16.5. The van der Waals surface area contributed by atoms with Crippen molar-refractivity contribution in [3.05, 3.63) is 35.9 Å². The quantitative estimate of drug-likeness (QED) is 0.911. The van der Waals surface area contributed by atoms with E-state index in [9.17, 15) is 19.5 Å². The van der Waals surface area contributed by atoms with Gasteiger partial charge in [-0.2, -0.15) is 0 Å². The van der Waals surface area contributed by atoms with Crippen LogP contribution >= 0.6 is 0 Å². The number of aliphatic carboxylic acids is 1. The van der Waals surface area contributed by atoms with Gasteiger partial charge in [0.25, 0.3) is 0 Å². The number of rotatable bonds is 4. The Balaban J connectivity index is 1.70. The van der Waals surface area contributed by atoms with Crippen molar-refractivity contribution < 1.29 is 19.5 Å². The molecule has 0 aromatic heterocycles. The molecule has 24 heavy (non-hydrogen) atoms. The zero-order valence-corrected chi connectivity index (χ0v) is 13.7. The maximum Gasteiger partial charge on any atom is 0.326 e. The third kappa shape index (κ3) is 3.00. The van der Waals surface area contributed by atoms with Crippen LogP contribution in [0.4, 0.5) is 0 Å². The summed E-state index contributed by atoms with van der Waals surface area (Å²) in [6, 6.07) is 8.88. The number of likely N-dealkylation sites (tertiary alicyclic amines) is 2. The van der Waals surface area contributed by atoms with Crippen molar-refractivity contribution in [3.63, 3.8) is 0 Å². The Hall–Kier alpha value is -2.37. The van der Waals surface area contributed by atoms with E-state index in [-0.39, 0.29) is 24.3 Å². The van der Waals surface area contributed by atoms with E-state index in [2.05, 4.69) is 0 Å². The summed E-state index contributed by atoms with van der Waals surface area (Å²) in [5, 5.41) is 9.24. The molecule has 2 aliphatic rings. The highest BCUT2D eigenvalue weighted by atomic mass is 16.4. The molecule has 2 unspecified atom stereocenters. The summed E-state index contributed by atoms with van der Waals surface area (Å²) in [5.74, 6) is -1.64. The van der Waals surface area contributed by atoms with Gasteiger partial charge >= 0.3 is 5.97 Å². The highest BCUT2D eigenvalue weighted by Gasteiger charge is 2.42. The summed E-state index contributed by atoms with van der Waals surface area (Å²) in [6.45, 7) is 2.78. The lowest BCUT2D eigenvalue weighted by Crippen LogP contribution is -2.44. The van der Waals surface area contributed by atoms with Gasteiger partial charge in [-0.15, -0.1) is 0 Å². The van der Waals surface area contributed by atoms with Crippen LogP contribution in [0.3, 0.4) is 0 Å². The average molecular weight is 330 g/mol. The van der Waals surface area contributed by atoms with Gasteiger partial charge < -0.3 is 14.9 Å². The zero-order chi connectivity index (χ0) is 17.3. The second kappa shape index (κ2) is 6.63. The van der Waals surface area contributed by atoms with Crippen molar-refractivity contribution in [3.8, 4) is 0 Å². The molecule has 0 saturated carbocycles. The molecule has 2 heterocycles. The van der Waals surface area contributed by atoms with Gasteiger partial charge in [-0.05, 0) is 25.3 Å². The van der Waals surface area contributed by atoms with E-state index in [1.807, 2.05) is 37.3 Å². The molecule has 0 radical (unpaired) electrons. The summed E-state index contributed by atoms with van der Waals surface area (Å²) in [6.07, 6.45) is 1.36. The first-order valence-electron chi connectivity index (χ1n) is 8.36. The van der Waals surface area contributed by atoms with E-state index in [1.165, 1.54) is 4.90 Å². The second-order valence-corrected chi connectivity index (χ2v) is 6.56. The van der Waals surface area contributed by atoms with Gasteiger partial charge in [0.2, 0.25) is 11.8 Å². The maximum atomic E-state index is 12.7. The fourth-order valence-corrected chi connectivity index (χ4v) is 3.70. The Morgan fingerprint density at radius 1 is 1.25 bits per heavy atom. The summed E-state index contributed by atoms with van der Waals surface area (Å²) >= 11 is 0. The molecule has 6 nitrogen and oxygen atoms in total. The molecule has 2 aliphatic heterocycles. The van der Waals surface area contributed by atoms with Gasteiger partial charge in [-0.3, -0.25) is 9.59 Å². The lowest BCUT2D eigenvalue weighted by molar-refractivity contribution is -0.149. The number of carbonyl (C=O) groups is 3. The largest absolute Gasteiger partial charge is 0.480 e. The minimum absolute atomic E-state index is 0.0456. The van der Waals surface area contributed by atoms with E-state index in [1.54, 1.807) is 4.90 Å². The maximum absolute atomic E-state index is 12.7. The van der Waals surface area contributed by atoms with E-state index in [0.717, 1.165) is 5.56 Å². The molecule has 0 bridgehead atoms. The van der Waals surface area contributed by atoms with E-state index >= 15 is 0 Å². The third-order valence-corrected chi connectivity index (χ3v) is 5.08. The van der Waals surface area contributed by atoms with Crippen LogP contribution in [-0.4, -0.2) is 51.8 Å². The molecule has 6 heteroatoms. The lowest BCUT2D eigenvalue weighted by Gasteiger charge is -2.27. The normalized spacial score (nSPS) is 25.1. The van der Waals surface area contributed by atoms with Gasteiger partial charge in [0, 0.05) is 19.5 Å². The standard InChI is InChI=1S/C18H22N2O4/c1-12(13-6-3-2-4-7-13)20-11-14(10-16(20)21)17(22)19-9-5-8-15(19)18(23)24/h2-4,6-7,12,14-15H,5,8-11H2,1H3,(H,23,24)/t12?,14?,15-/m1/s1. The number of amides is 2. The number of carboxylic acid groups (broad SMARTS) is 1. The zero-order valence-electron chi connectivity index (χ0n) is 13.7. The monoisotopic (exact) mass is 330 g/mol. The number of benzene rings is 1. The SMILES string of the molecule is CC(c1ccccc1)N1CC(C(=O)N2CCC[C@@H]2C(=O)O)CC1=O. The number of carbonyl (C=O) groups excluding carboxylic acids is 2. The molecule has 1 N–H and O–H groups in total. The van der Waals surface area contributed by atoms with Crippen LogP contribution in [0, 0.1) is 5.92 Å². The van der Waals surface area contributed by atoms with Crippen LogP contribution in [0.25, 0.3) is 0 Å². The van der Waals surface area contributed by atoms with Crippen molar-refractivity contribution in [2.45, 2.75) is 38.3 Å². The van der Waals surface area contributed by atoms with Crippen LogP contribution in [-0.2, 0) is 14.4 Å². The summed E-state index contributed by atoms with van der Waals surface area (Å²) < 4.78 is 0. The minimum Gasteiger partial charge on any atom is -0.480 e. The topological polar surface area (TPSA) is 77.9 Å². The molecule has 0 aliphatic carbocycles. The average Bonchev–Trinajstić information content (AvgIpc) is 3.21. The third-order valence-electron chi connectivity index (χ3n) is 5.08. The Labute approximate surface area is 141 Å². The molecule has 1 aromatic carbocycles. The first-order valence-corrected chi connectivity index (χ1v) is 8.36. The van der Waals surface area contributed by atoms with E-state index in [4.69, 9.17) is 0 Å².